The lowest BCUT2D eigenvalue weighted by molar-refractivity contribution is -0.151. The molecule has 0 saturated carbocycles. The minimum Gasteiger partial charge on any atom is -0.464 e. The number of carbonyl (C=O) groups excluding carboxylic acids is 2. The summed E-state index contributed by atoms with van der Waals surface area (Å²) >= 11 is 0. The number of rotatable bonds is 6. The second-order valence-electron chi connectivity index (χ2n) is 4.35. The molecule has 1 unspecified atom stereocenters. The van der Waals surface area contributed by atoms with Crippen molar-refractivity contribution in [3.63, 3.8) is 0 Å². The van der Waals surface area contributed by atoms with E-state index in [1.165, 1.54) is 0 Å². The fraction of sp³-hybridized carbons (Fsp3) is 0.833. The molecule has 1 saturated heterocycles. The number of nitrogens with zero attached hydrogens (tertiary/aromatic N) is 1. The second-order valence-corrected chi connectivity index (χ2v) is 4.35. The highest BCUT2D eigenvalue weighted by molar-refractivity contribution is 6.01. The van der Waals surface area contributed by atoms with Gasteiger partial charge in [-0.2, -0.15) is 0 Å². The van der Waals surface area contributed by atoms with Crippen LogP contribution in [0.2, 0.25) is 0 Å². The van der Waals surface area contributed by atoms with Crippen LogP contribution in [0.5, 0.6) is 0 Å². The lowest BCUT2D eigenvalue weighted by Gasteiger charge is -2.32. The van der Waals surface area contributed by atoms with Crippen molar-refractivity contribution in [3.05, 3.63) is 0 Å². The number of hydrogen-bond acceptors (Lipinski definition) is 6. The molecule has 1 aliphatic heterocycles. The zero-order valence-electron chi connectivity index (χ0n) is 11.2. The molecule has 0 spiro atoms. The Morgan fingerprint density at radius 1 is 1.42 bits per heavy atom. The average Bonchev–Trinajstić information content (AvgIpc) is 2.44. The SMILES string of the molecule is CCOC(=O)C(N)C(=O)N1CCC(OCCO)CC1. The van der Waals surface area contributed by atoms with E-state index in [-0.39, 0.29) is 19.3 Å². The van der Waals surface area contributed by atoms with Crippen LogP contribution in [-0.2, 0) is 19.1 Å². The zero-order valence-corrected chi connectivity index (χ0v) is 11.2. The van der Waals surface area contributed by atoms with Crippen LogP contribution < -0.4 is 5.73 Å². The van der Waals surface area contributed by atoms with E-state index >= 15 is 0 Å². The highest BCUT2D eigenvalue weighted by atomic mass is 16.5. The van der Waals surface area contributed by atoms with Gasteiger partial charge in [-0.25, -0.2) is 4.79 Å². The maximum atomic E-state index is 12.0. The van der Waals surface area contributed by atoms with Crippen LogP contribution in [0.15, 0.2) is 0 Å². The van der Waals surface area contributed by atoms with Crippen molar-refractivity contribution in [3.8, 4) is 0 Å². The zero-order chi connectivity index (χ0) is 14.3. The molecular formula is C12H22N2O5. The number of esters is 1. The van der Waals surface area contributed by atoms with E-state index in [1.54, 1.807) is 11.8 Å². The molecule has 0 aromatic rings. The molecule has 7 nitrogen and oxygen atoms in total. The lowest BCUT2D eigenvalue weighted by Crippen LogP contribution is -2.51. The first-order chi connectivity index (χ1) is 9.10. The average molecular weight is 274 g/mol. The summed E-state index contributed by atoms with van der Waals surface area (Å²) in [5.74, 6) is -1.09. The van der Waals surface area contributed by atoms with Crippen molar-refractivity contribution >= 4 is 11.9 Å². The van der Waals surface area contributed by atoms with E-state index in [4.69, 9.17) is 20.3 Å². The van der Waals surface area contributed by atoms with Gasteiger partial charge in [-0.05, 0) is 19.8 Å². The van der Waals surface area contributed by atoms with Gasteiger partial charge in [0.2, 0.25) is 0 Å². The fourth-order valence-corrected chi connectivity index (χ4v) is 1.99. The maximum absolute atomic E-state index is 12.0. The second kappa shape index (κ2) is 8.08. The number of amides is 1. The van der Waals surface area contributed by atoms with Gasteiger partial charge in [0.25, 0.3) is 5.91 Å². The molecular weight excluding hydrogens is 252 g/mol. The van der Waals surface area contributed by atoms with Crippen LogP contribution in [0.25, 0.3) is 0 Å². The molecule has 110 valence electrons. The van der Waals surface area contributed by atoms with Gasteiger partial charge in [-0.3, -0.25) is 4.79 Å². The van der Waals surface area contributed by atoms with E-state index < -0.39 is 17.9 Å². The summed E-state index contributed by atoms with van der Waals surface area (Å²) < 4.78 is 10.1. The number of ether oxygens (including phenoxy) is 2. The molecule has 1 fully saturated rings. The number of nitrogens with two attached hydrogens (primary N) is 1. The number of aliphatic hydroxyl groups excluding tert-OH is 1. The summed E-state index contributed by atoms with van der Waals surface area (Å²) in [4.78, 5) is 24.9. The molecule has 19 heavy (non-hydrogen) atoms. The van der Waals surface area contributed by atoms with Gasteiger partial charge in [0, 0.05) is 13.1 Å². The molecule has 0 aliphatic carbocycles. The summed E-state index contributed by atoms with van der Waals surface area (Å²) in [5.41, 5.74) is 5.56. The smallest absolute Gasteiger partial charge is 0.332 e. The van der Waals surface area contributed by atoms with Gasteiger partial charge in [0.1, 0.15) is 0 Å². The van der Waals surface area contributed by atoms with Gasteiger partial charge < -0.3 is 25.2 Å². The lowest BCUT2D eigenvalue weighted by atomic mass is 10.1. The summed E-state index contributed by atoms with van der Waals surface area (Å²) in [7, 11) is 0. The third-order valence-corrected chi connectivity index (χ3v) is 3.01. The number of likely N-dealkylation sites (tertiary alicyclic amines) is 1. The molecule has 1 amide bonds. The van der Waals surface area contributed by atoms with Crippen LogP contribution in [0.3, 0.4) is 0 Å². The minimum absolute atomic E-state index is 0.00707. The predicted molar refractivity (Wildman–Crippen MR) is 67.2 cm³/mol. The van der Waals surface area contributed by atoms with Crippen LogP contribution >= 0.6 is 0 Å². The molecule has 0 aromatic carbocycles. The van der Waals surface area contributed by atoms with Crippen molar-refractivity contribution in [2.45, 2.75) is 31.9 Å². The molecule has 0 aromatic heterocycles. The summed E-state index contributed by atoms with van der Waals surface area (Å²) in [5, 5.41) is 8.66. The molecule has 0 radical (unpaired) electrons. The Kier molecular flexibility index (Phi) is 6.75. The molecule has 1 heterocycles. The van der Waals surface area contributed by atoms with Crippen LogP contribution in [0, 0.1) is 0 Å². The molecule has 3 N–H and O–H groups in total. The van der Waals surface area contributed by atoms with E-state index in [1.807, 2.05) is 0 Å². The largest absolute Gasteiger partial charge is 0.464 e. The van der Waals surface area contributed by atoms with Gasteiger partial charge in [0.15, 0.2) is 6.04 Å². The minimum atomic E-state index is -1.24. The molecule has 1 atom stereocenters. The topological polar surface area (TPSA) is 102 Å². The Bertz CT molecular complexity index is 302. The Morgan fingerprint density at radius 2 is 2.05 bits per heavy atom. The van der Waals surface area contributed by atoms with Crippen molar-refractivity contribution in [1.29, 1.82) is 0 Å². The van der Waals surface area contributed by atoms with Crippen molar-refractivity contribution in [1.82, 2.24) is 4.90 Å². The van der Waals surface area contributed by atoms with E-state index in [2.05, 4.69) is 0 Å². The molecule has 1 aliphatic rings. The third kappa shape index (κ3) is 4.77. The summed E-state index contributed by atoms with van der Waals surface area (Å²) in [6.45, 7) is 3.17. The van der Waals surface area contributed by atoms with E-state index in [0.717, 1.165) is 0 Å². The Balaban J connectivity index is 2.37. The Labute approximate surface area is 112 Å². The normalized spacial score (nSPS) is 18.2. The van der Waals surface area contributed by atoms with Crippen LogP contribution in [-0.4, -0.2) is 66.9 Å². The quantitative estimate of drug-likeness (QED) is 0.470. The number of aliphatic hydroxyl groups is 1. The number of piperidine rings is 1. The monoisotopic (exact) mass is 274 g/mol. The standard InChI is InChI=1S/C12H22N2O5/c1-2-18-12(17)10(13)11(16)14-5-3-9(4-6-14)19-8-7-15/h9-10,15H,2-8,13H2,1H3. The first-order valence-corrected chi connectivity index (χ1v) is 6.53. The van der Waals surface area contributed by atoms with Crippen molar-refractivity contribution < 1.29 is 24.2 Å². The molecule has 7 heteroatoms. The first-order valence-electron chi connectivity index (χ1n) is 6.53. The molecule has 0 bridgehead atoms. The van der Waals surface area contributed by atoms with E-state index in [0.29, 0.717) is 32.5 Å². The fourth-order valence-electron chi connectivity index (χ4n) is 1.99. The predicted octanol–water partition coefficient (Wildman–Crippen LogP) is -1.12. The Hall–Kier alpha value is -1.18. The van der Waals surface area contributed by atoms with Gasteiger partial charge in [0.05, 0.1) is 25.9 Å². The highest BCUT2D eigenvalue weighted by Crippen LogP contribution is 2.14. The van der Waals surface area contributed by atoms with Crippen LogP contribution in [0.1, 0.15) is 19.8 Å². The third-order valence-electron chi connectivity index (χ3n) is 3.01. The van der Waals surface area contributed by atoms with Gasteiger partial charge in [-0.15, -0.1) is 0 Å². The number of carbonyl (C=O) groups is 2. The first kappa shape index (κ1) is 15.9. The van der Waals surface area contributed by atoms with Crippen molar-refractivity contribution in [2.75, 3.05) is 32.9 Å². The van der Waals surface area contributed by atoms with Crippen LogP contribution in [0.4, 0.5) is 0 Å². The maximum Gasteiger partial charge on any atom is 0.332 e. The summed E-state index contributed by atoms with van der Waals surface area (Å²) in [6, 6.07) is -1.24. The highest BCUT2D eigenvalue weighted by Gasteiger charge is 2.31. The van der Waals surface area contributed by atoms with Crippen molar-refractivity contribution in [2.24, 2.45) is 5.73 Å². The summed E-state index contributed by atoms with van der Waals surface area (Å²) in [6.07, 6.45) is 1.41. The number of hydrogen-bond donors (Lipinski definition) is 2. The van der Waals surface area contributed by atoms with Gasteiger partial charge >= 0.3 is 5.97 Å². The molecule has 1 rings (SSSR count). The Morgan fingerprint density at radius 3 is 2.58 bits per heavy atom. The van der Waals surface area contributed by atoms with Gasteiger partial charge in [-0.1, -0.05) is 0 Å². The van der Waals surface area contributed by atoms with E-state index in [9.17, 15) is 9.59 Å².